The summed E-state index contributed by atoms with van der Waals surface area (Å²) in [6.45, 7) is 0. The standard InChI is InChI=1S/C23H20FN3O5S/c1-31-17-6-4-3-5-15(17)19-16(11-25)22(27-21(29)20(19)23(30)32-2)33-12-18(28)26-14-9-7-13(24)8-10-14/h3-10,19-20H,12H2,1-2H3,(H,26,28)(H,27,29)/t19-,20+/m1/s1. The molecule has 2 N–H and O–H groups in total. The first-order chi connectivity index (χ1) is 15.9. The average Bonchev–Trinajstić information content (AvgIpc) is 2.83. The Hall–Kier alpha value is -3.84. The Morgan fingerprint density at radius 1 is 1.18 bits per heavy atom. The maximum absolute atomic E-state index is 13.0. The minimum Gasteiger partial charge on any atom is -0.496 e. The van der Waals surface area contributed by atoms with Gasteiger partial charge in [0.05, 0.1) is 36.6 Å². The molecule has 33 heavy (non-hydrogen) atoms. The van der Waals surface area contributed by atoms with Gasteiger partial charge in [-0.1, -0.05) is 30.0 Å². The number of para-hydroxylation sites is 1. The van der Waals surface area contributed by atoms with Gasteiger partial charge in [0.25, 0.3) is 0 Å². The number of benzene rings is 2. The quantitative estimate of drug-likeness (QED) is 0.473. The fourth-order valence-corrected chi connectivity index (χ4v) is 4.30. The molecule has 0 saturated carbocycles. The van der Waals surface area contributed by atoms with Gasteiger partial charge < -0.3 is 20.1 Å². The molecule has 10 heteroatoms. The highest BCUT2D eigenvalue weighted by Crippen LogP contribution is 2.43. The number of amides is 2. The molecule has 0 aliphatic carbocycles. The smallest absolute Gasteiger partial charge is 0.319 e. The molecule has 0 bridgehead atoms. The van der Waals surface area contributed by atoms with E-state index in [0.717, 1.165) is 18.9 Å². The van der Waals surface area contributed by atoms with Crippen molar-refractivity contribution in [2.75, 3.05) is 25.3 Å². The van der Waals surface area contributed by atoms with E-state index in [1.54, 1.807) is 24.3 Å². The number of thioether (sulfide) groups is 1. The summed E-state index contributed by atoms with van der Waals surface area (Å²) < 4.78 is 23.2. The van der Waals surface area contributed by atoms with Gasteiger partial charge in [0, 0.05) is 17.2 Å². The second kappa shape index (κ2) is 10.7. The lowest BCUT2D eigenvalue weighted by Gasteiger charge is -2.31. The lowest BCUT2D eigenvalue weighted by molar-refractivity contribution is -0.150. The summed E-state index contributed by atoms with van der Waals surface area (Å²) in [6.07, 6.45) is 0. The first-order valence-corrected chi connectivity index (χ1v) is 10.7. The van der Waals surface area contributed by atoms with E-state index in [1.165, 1.54) is 31.4 Å². The van der Waals surface area contributed by atoms with E-state index in [2.05, 4.69) is 16.7 Å². The summed E-state index contributed by atoms with van der Waals surface area (Å²) in [4.78, 5) is 37.7. The minimum absolute atomic E-state index is 0.106. The zero-order chi connectivity index (χ0) is 24.0. The zero-order valence-corrected chi connectivity index (χ0v) is 18.6. The number of allylic oxidation sites excluding steroid dienone is 1. The van der Waals surface area contributed by atoms with Crippen molar-refractivity contribution < 1.29 is 28.2 Å². The number of nitrogens with one attached hydrogen (secondary N) is 2. The Morgan fingerprint density at radius 3 is 2.52 bits per heavy atom. The van der Waals surface area contributed by atoms with Crippen LogP contribution in [0, 0.1) is 23.1 Å². The van der Waals surface area contributed by atoms with E-state index >= 15 is 0 Å². The van der Waals surface area contributed by atoms with Crippen molar-refractivity contribution in [1.82, 2.24) is 5.32 Å². The molecule has 1 heterocycles. The van der Waals surface area contributed by atoms with Crippen LogP contribution in [0.4, 0.5) is 10.1 Å². The van der Waals surface area contributed by atoms with Gasteiger partial charge in [-0.2, -0.15) is 5.26 Å². The van der Waals surface area contributed by atoms with Gasteiger partial charge in [0.1, 0.15) is 17.5 Å². The molecule has 0 aromatic heterocycles. The van der Waals surface area contributed by atoms with Gasteiger partial charge >= 0.3 is 5.97 Å². The molecule has 0 saturated heterocycles. The normalized spacial score (nSPS) is 17.6. The number of hydrogen-bond donors (Lipinski definition) is 2. The Bertz CT molecular complexity index is 1140. The van der Waals surface area contributed by atoms with E-state index in [1.807, 2.05) is 0 Å². The number of nitrogens with zero attached hydrogens (tertiary/aromatic N) is 1. The van der Waals surface area contributed by atoms with Crippen molar-refractivity contribution in [1.29, 1.82) is 5.26 Å². The predicted octanol–water partition coefficient (Wildman–Crippen LogP) is 2.94. The highest BCUT2D eigenvalue weighted by molar-refractivity contribution is 8.03. The molecular formula is C23H20FN3O5S. The third kappa shape index (κ3) is 5.32. The van der Waals surface area contributed by atoms with E-state index in [-0.39, 0.29) is 16.4 Å². The van der Waals surface area contributed by atoms with E-state index in [4.69, 9.17) is 9.47 Å². The molecule has 3 rings (SSSR count). The van der Waals surface area contributed by atoms with Crippen LogP contribution >= 0.6 is 11.8 Å². The van der Waals surface area contributed by atoms with Gasteiger partial charge in [-0.3, -0.25) is 14.4 Å². The minimum atomic E-state index is -1.31. The molecule has 0 radical (unpaired) electrons. The van der Waals surface area contributed by atoms with Crippen molar-refractivity contribution >= 4 is 35.2 Å². The van der Waals surface area contributed by atoms with Gasteiger partial charge in [0.2, 0.25) is 11.8 Å². The van der Waals surface area contributed by atoms with Gasteiger partial charge in [0.15, 0.2) is 0 Å². The molecule has 1 aliphatic rings. The summed E-state index contributed by atoms with van der Waals surface area (Å²) >= 11 is 0.944. The van der Waals surface area contributed by atoms with E-state index in [9.17, 15) is 24.0 Å². The van der Waals surface area contributed by atoms with Crippen LogP contribution in [0.3, 0.4) is 0 Å². The second-order valence-electron chi connectivity index (χ2n) is 6.91. The topological polar surface area (TPSA) is 118 Å². The third-order valence-electron chi connectivity index (χ3n) is 4.93. The number of carbonyl (C=O) groups excluding carboxylic acids is 3. The molecule has 170 valence electrons. The maximum Gasteiger partial charge on any atom is 0.319 e. The summed E-state index contributed by atoms with van der Waals surface area (Å²) in [5.74, 6) is -4.31. The lowest BCUT2D eigenvalue weighted by atomic mass is 9.78. The number of rotatable bonds is 7. The van der Waals surface area contributed by atoms with Crippen molar-refractivity contribution in [2.45, 2.75) is 5.92 Å². The first-order valence-electron chi connectivity index (χ1n) is 9.73. The van der Waals surface area contributed by atoms with E-state index in [0.29, 0.717) is 17.0 Å². The molecular weight excluding hydrogens is 449 g/mol. The maximum atomic E-state index is 13.0. The van der Waals surface area contributed by atoms with Gasteiger partial charge in [-0.15, -0.1) is 0 Å². The van der Waals surface area contributed by atoms with Crippen LogP contribution in [-0.4, -0.2) is 37.8 Å². The second-order valence-corrected chi connectivity index (χ2v) is 7.89. The number of nitriles is 1. The monoisotopic (exact) mass is 469 g/mol. The Morgan fingerprint density at radius 2 is 1.88 bits per heavy atom. The average molecular weight is 469 g/mol. The summed E-state index contributed by atoms with van der Waals surface area (Å²) in [5.41, 5.74) is 0.978. The van der Waals surface area contributed by atoms with Crippen LogP contribution < -0.4 is 15.4 Å². The highest BCUT2D eigenvalue weighted by Gasteiger charge is 2.45. The predicted molar refractivity (Wildman–Crippen MR) is 120 cm³/mol. The Labute approximate surface area is 193 Å². The SMILES string of the molecule is COC(=O)[C@@H]1C(=O)NC(SCC(=O)Nc2ccc(F)cc2)=C(C#N)[C@H]1c1ccccc1OC. The van der Waals surface area contributed by atoms with Crippen LogP contribution in [0.25, 0.3) is 0 Å². The molecule has 2 atom stereocenters. The molecule has 2 aromatic rings. The Kier molecular flexibility index (Phi) is 7.69. The number of methoxy groups -OCH3 is 2. The number of carbonyl (C=O) groups is 3. The molecule has 0 fully saturated rings. The van der Waals surface area contributed by atoms with Crippen molar-refractivity contribution in [3.05, 3.63) is 70.5 Å². The van der Waals surface area contributed by atoms with Gasteiger partial charge in [-0.25, -0.2) is 4.39 Å². The van der Waals surface area contributed by atoms with Crippen LogP contribution in [0.1, 0.15) is 11.5 Å². The fourth-order valence-electron chi connectivity index (χ4n) is 3.45. The first kappa shape index (κ1) is 23.8. The summed E-state index contributed by atoms with van der Waals surface area (Å²) in [7, 11) is 2.61. The zero-order valence-electron chi connectivity index (χ0n) is 17.8. The summed E-state index contributed by atoms with van der Waals surface area (Å²) in [5, 5.41) is 15.3. The van der Waals surface area contributed by atoms with Gasteiger partial charge in [-0.05, 0) is 30.3 Å². The number of esters is 1. The Balaban J connectivity index is 1.92. The fraction of sp³-hybridized carbons (Fsp3) is 0.217. The molecule has 0 unspecified atom stereocenters. The molecule has 2 aromatic carbocycles. The number of anilines is 1. The molecule has 8 nitrogen and oxygen atoms in total. The third-order valence-corrected chi connectivity index (χ3v) is 5.95. The number of ether oxygens (including phenoxy) is 2. The number of hydrogen-bond acceptors (Lipinski definition) is 7. The highest BCUT2D eigenvalue weighted by atomic mass is 32.2. The van der Waals surface area contributed by atoms with Crippen LogP contribution in [0.15, 0.2) is 59.1 Å². The molecule has 0 spiro atoms. The summed E-state index contributed by atoms with van der Waals surface area (Å²) in [6, 6.07) is 14.1. The van der Waals surface area contributed by atoms with Crippen LogP contribution in [0.2, 0.25) is 0 Å². The largest absolute Gasteiger partial charge is 0.496 e. The number of halogens is 1. The van der Waals surface area contributed by atoms with Crippen molar-refractivity contribution in [3.63, 3.8) is 0 Å². The van der Waals surface area contributed by atoms with Crippen molar-refractivity contribution in [2.24, 2.45) is 5.92 Å². The molecule has 2 amide bonds. The lowest BCUT2D eigenvalue weighted by Crippen LogP contribution is -2.44. The van der Waals surface area contributed by atoms with Crippen LogP contribution in [-0.2, 0) is 19.1 Å². The van der Waals surface area contributed by atoms with Crippen molar-refractivity contribution in [3.8, 4) is 11.8 Å². The molecule has 1 aliphatic heterocycles. The van der Waals surface area contributed by atoms with E-state index < -0.39 is 35.4 Å². The van der Waals surface area contributed by atoms with Crippen LogP contribution in [0.5, 0.6) is 5.75 Å².